The van der Waals surface area contributed by atoms with Crippen LogP contribution in [0.4, 0.5) is 0 Å². The first kappa shape index (κ1) is 24.8. The monoisotopic (exact) mass is 566 g/mol. The molecule has 5 nitrogen and oxygen atoms in total. The number of hydrogen-bond donors (Lipinski definition) is 0. The Balaban J connectivity index is 1.30. The third kappa shape index (κ3) is 3.97. The SMILES string of the molecule is C1=C(c2ccccc2)CCc2c1n(-c1nc(-c3ccccc3)nc(-c3ccc4oc5ccccc5c4c3)n1)c1ccccc21. The second-order valence-electron chi connectivity index (χ2n) is 11.2. The molecule has 0 unspecified atom stereocenters. The van der Waals surface area contributed by atoms with Crippen LogP contribution in [0.25, 0.3) is 73.2 Å². The molecule has 0 atom stereocenters. The molecule has 0 saturated carbocycles. The van der Waals surface area contributed by atoms with E-state index in [1.807, 2.05) is 60.7 Å². The van der Waals surface area contributed by atoms with Crippen LogP contribution in [0.2, 0.25) is 0 Å². The zero-order valence-corrected chi connectivity index (χ0v) is 23.8. The van der Waals surface area contributed by atoms with Crippen molar-refractivity contribution < 1.29 is 4.42 Å². The van der Waals surface area contributed by atoms with Crippen LogP contribution >= 0.6 is 0 Å². The van der Waals surface area contributed by atoms with E-state index in [1.54, 1.807) is 0 Å². The molecule has 5 aromatic carbocycles. The average molecular weight is 567 g/mol. The molecule has 3 heterocycles. The minimum Gasteiger partial charge on any atom is -0.456 e. The summed E-state index contributed by atoms with van der Waals surface area (Å²) in [5.41, 5.74) is 9.68. The van der Waals surface area contributed by atoms with Gasteiger partial charge in [-0.25, -0.2) is 4.98 Å². The summed E-state index contributed by atoms with van der Waals surface area (Å²) in [6.07, 6.45) is 4.27. The van der Waals surface area contributed by atoms with Crippen molar-refractivity contribution in [3.63, 3.8) is 0 Å². The number of fused-ring (bicyclic) bond motifs is 6. The van der Waals surface area contributed by atoms with E-state index in [9.17, 15) is 0 Å². The molecule has 9 rings (SSSR count). The minimum atomic E-state index is 0.606. The molecule has 0 saturated heterocycles. The molecule has 0 N–H and O–H groups in total. The number of aromatic nitrogens is 4. The molecule has 0 fully saturated rings. The van der Waals surface area contributed by atoms with Gasteiger partial charge in [-0.15, -0.1) is 0 Å². The second kappa shape index (κ2) is 9.89. The molecule has 0 bridgehead atoms. The lowest BCUT2D eigenvalue weighted by Crippen LogP contribution is -2.09. The molecular weight excluding hydrogens is 540 g/mol. The summed E-state index contributed by atoms with van der Waals surface area (Å²) < 4.78 is 8.33. The van der Waals surface area contributed by atoms with Gasteiger partial charge in [0.25, 0.3) is 0 Å². The molecule has 5 heteroatoms. The zero-order valence-electron chi connectivity index (χ0n) is 23.8. The molecule has 44 heavy (non-hydrogen) atoms. The molecule has 208 valence electrons. The van der Waals surface area contributed by atoms with Crippen LogP contribution in [0.5, 0.6) is 0 Å². The van der Waals surface area contributed by atoms with Crippen LogP contribution < -0.4 is 0 Å². The quantitative estimate of drug-likeness (QED) is 0.213. The predicted octanol–water partition coefficient (Wildman–Crippen LogP) is 9.54. The predicted molar refractivity (Wildman–Crippen MR) is 177 cm³/mol. The summed E-state index contributed by atoms with van der Waals surface area (Å²) in [5.74, 6) is 1.86. The highest BCUT2D eigenvalue weighted by Gasteiger charge is 2.24. The Labute approximate surface area is 253 Å². The van der Waals surface area contributed by atoms with E-state index >= 15 is 0 Å². The Morgan fingerprint density at radius 2 is 1.18 bits per heavy atom. The Bertz CT molecular complexity index is 2380. The molecular formula is C39H26N4O. The Morgan fingerprint density at radius 3 is 2.00 bits per heavy atom. The number of allylic oxidation sites excluding steroid dienone is 1. The van der Waals surface area contributed by atoms with Gasteiger partial charge in [-0.2, -0.15) is 9.97 Å². The number of nitrogens with zero attached hydrogens (tertiary/aromatic N) is 4. The standard InChI is InChI=1S/C39H26N4O/c1-3-11-25(12-4-1)27-19-21-30-29-15-7-9-17-33(29)43(34(30)24-27)39-41-37(26-13-5-2-6-14-26)40-38(42-39)28-20-22-36-32(23-28)31-16-8-10-18-35(31)44-36/h1-18,20,22-24H,19,21H2. The maximum Gasteiger partial charge on any atom is 0.238 e. The van der Waals surface area contributed by atoms with Gasteiger partial charge in [-0.1, -0.05) is 97.1 Å². The maximum absolute atomic E-state index is 6.11. The summed E-state index contributed by atoms with van der Waals surface area (Å²) >= 11 is 0. The lowest BCUT2D eigenvalue weighted by Gasteiger charge is -2.17. The van der Waals surface area contributed by atoms with Crippen LogP contribution in [0.1, 0.15) is 23.2 Å². The molecule has 1 aliphatic rings. The fourth-order valence-electron chi connectivity index (χ4n) is 6.51. The van der Waals surface area contributed by atoms with Gasteiger partial charge in [0, 0.05) is 27.3 Å². The van der Waals surface area contributed by atoms with E-state index in [2.05, 4.69) is 77.4 Å². The third-order valence-electron chi connectivity index (χ3n) is 8.61. The van der Waals surface area contributed by atoms with Gasteiger partial charge in [0.05, 0.1) is 11.2 Å². The number of aryl methyl sites for hydroxylation is 1. The Morgan fingerprint density at radius 1 is 0.523 bits per heavy atom. The Kier molecular flexibility index (Phi) is 5.56. The van der Waals surface area contributed by atoms with E-state index in [1.165, 1.54) is 22.1 Å². The summed E-state index contributed by atoms with van der Waals surface area (Å²) in [5, 5.41) is 3.35. The minimum absolute atomic E-state index is 0.606. The van der Waals surface area contributed by atoms with Gasteiger partial charge in [0.2, 0.25) is 5.95 Å². The van der Waals surface area contributed by atoms with Gasteiger partial charge in [-0.05, 0) is 65.9 Å². The smallest absolute Gasteiger partial charge is 0.238 e. The van der Waals surface area contributed by atoms with Crippen molar-refractivity contribution in [2.45, 2.75) is 12.8 Å². The van der Waals surface area contributed by atoms with Crippen LogP contribution in [-0.2, 0) is 6.42 Å². The summed E-state index contributed by atoms with van der Waals surface area (Å²) in [6.45, 7) is 0. The largest absolute Gasteiger partial charge is 0.456 e. The van der Waals surface area contributed by atoms with Crippen LogP contribution in [0, 0.1) is 0 Å². The fourth-order valence-corrected chi connectivity index (χ4v) is 6.51. The number of furan rings is 1. The van der Waals surface area contributed by atoms with E-state index in [-0.39, 0.29) is 0 Å². The molecule has 0 spiro atoms. The van der Waals surface area contributed by atoms with E-state index in [0.717, 1.165) is 57.1 Å². The highest BCUT2D eigenvalue weighted by Crippen LogP contribution is 2.39. The highest BCUT2D eigenvalue weighted by molar-refractivity contribution is 6.06. The maximum atomic E-state index is 6.11. The van der Waals surface area contributed by atoms with Gasteiger partial charge in [-0.3, -0.25) is 4.57 Å². The van der Waals surface area contributed by atoms with E-state index in [0.29, 0.717) is 17.6 Å². The lowest BCUT2D eigenvalue weighted by molar-refractivity contribution is 0.669. The lowest BCUT2D eigenvalue weighted by atomic mass is 9.91. The summed E-state index contributed by atoms with van der Waals surface area (Å²) in [6, 6.07) is 43.7. The first-order chi connectivity index (χ1) is 21.8. The molecule has 1 aliphatic carbocycles. The summed E-state index contributed by atoms with van der Waals surface area (Å²) in [4.78, 5) is 15.3. The van der Waals surface area contributed by atoms with Crippen LogP contribution in [0.15, 0.2) is 132 Å². The average Bonchev–Trinajstić information content (AvgIpc) is 3.64. The van der Waals surface area contributed by atoms with Crippen LogP contribution in [0.3, 0.4) is 0 Å². The fraction of sp³-hybridized carbons (Fsp3) is 0.0513. The van der Waals surface area contributed by atoms with Crippen molar-refractivity contribution in [3.8, 4) is 28.7 Å². The number of hydrogen-bond acceptors (Lipinski definition) is 4. The first-order valence-electron chi connectivity index (χ1n) is 14.9. The van der Waals surface area contributed by atoms with Crippen molar-refractivity contribution in [1.82, 2.24) is 19.5 Å². The van der Waals surface area contributed by atoms with Crippen molar-refractivity contribution in [2.75, 3.05) is 0 Å². The van der Waals surface area contributed by atoms with E-state index in [4.69, 9.17) is 19.4 Å². The number of rotatable bonds is 4. The highest BCUT2D eigenvalue weighted by atomic mass is 16.3. The van der Waals surface area contributed by atoms with Crippen molar-refractivity contribution in [3.05, 3.63) is 144 Å². The zero-order chi connectivity index (χ0) is 29.0. The molecule has 0 aliphatic heterocycles. The van der Waals surface area contributed by atoms with Gasteiger partial charge in [0.15, 0.2) is 11.6 Å². The van der Waals surface area contributed by atoms with Gasteiger partial charge >= 0.3 is 0 Å². The second-order valence-corrected chi connectivity index (χ2v) is 11.2. The van der Waals surface area contributed by atoms with E-state index < -0.39 is 0 Å². The van der Waals surface area contributed by atoms with Crippen molar-refractivity contribution in [1.29, 1.82) is 0 Å². The van der Waals surface area contributed by atoms with Gasteiger partial charge < -0.3 is 4.42 Å². The molecule has 8 aromatic rings. The molecule has 0 radical (unpaired) electrons. The van der Waals surface area contributed by atoms with Crippen LogP contribution in [-0.4, -0.2) is 19.5 Å². The van der Waals surface area contributed by atoms with Crippen molar-refractivity contribution in [2.24, 2.45) is 0 Å². The molecule has 3 aromatic heterocycles. The number of para-hydroxylation sites is 2. The third-order valence-corrected chi connectivity index (χ3v) is 8.61. The van der Waals surface area contributed by atoms with Crippen molar-refractivity contribution >= 4 is 44.5 Å². The summed E-state index contributed by atoms with van der Waals surface area (Å²) in [7, 11) is 0. The topological polar surface area (TPSA) is 56.7 Å². The number of benzene rings is 5. The molecule has 0 amide bonds. The first-order valence-corrected chi connectivity index (χ1v) is 14.9. The van der Waals surface area contributed by atoms with Gasteiger partial charge in [0.1, 0.15) is 11.2 Å². The normalized spacial score (nSPS) is 13.0. The Hall–Kier alpha value is -5.81.